The Morgan fingerprint density at radius 1 is 1.12 bits per heavy atom. The van der Waals surface area contributed by atoms with E-state index in [0.29, 0.717) is 28.7 Å². The zero-order valence-corrected chi connectivity index (χ0v) is 16.6. The molecule has 0 aliphatic heterocycles. The highest BCUT2D eigenvalue weighted by atomic mass is 32.1. The average Bonchev–Trinajstić information content (AvgIpc) is 3.17. The van der Waals surface area contributed by atoms with E-state index in [1.54, 1.807) is 13.2 Å². The number of hydrogen-bond acceptors (Lipinski definition) is 5. The van der Waals surface area contributed by atoms with Gasteiger partial charge in [-0.1, -0.05) is 19.9 Å². The molecule has 0 saturated carbocycles. The predicted octanol–water partition coefficient (Wildman–Crippen LogP) is 4.51. The summed E-state index contributed by atoms with van der Waals surface area (Å²) in [6.45, 7) is 7.98. The molecular formula is C20H28N2O3S. The van der Waals surface area contributed by atoms with Gasteiger partial charge in [-0.25, -0.2) is 0 Å². The molecule has 2 rings (SSSR count). The molecule has 0 fully saturated rings. The minimum absolute atomic E-state index is 0.117. The van der Waals surface area contributed by atoms with Crippen LogP contribution >= 0.6 is 11.3 Å². The molecule has 1 aromatic heterocycles. The van der Waals surface area contributed by atoms with Crippen molar-refractivity contribution < 1.29 is 14.3 Å². The van der Waals surface area contributed by atoms with Gasteiger partial charge in [-0.2, -0.15) is 0 Å². The van der Waals surface area contributed by atoms with Gasteiger partial charge < -0.3 is 14.8 Å². The summed E-state index contributed by atoms with van der Waals surface area (Å²) in [5.74, 6) is 1.19. The van der Waals surface area contributed by atoms with Gasteiger partial charge in [0, 0.05) is 18.3 Å². The first-order valence-corrected chi connectivity index (χ1v) is 9.94. The number of amides is 1. The summed E-state index contributed by atoms with van der Waals surface area (Å²) in [5, 5.41) is 4.79. The van der Waals surface area contributed by atoms with E-state index in [2.05, 4.69) is 24.1 Å². The van der Waals surface area contributed by atoms with Gasteiger partial charge in [-0.15, -0.1) is 11.3 Å². The van der Waals surface area contributed by atoms with Crippen molar-refractivity contribution in [2.24, 2.45) is 0 Å². The second-order valence-electron chi connectivity index (χ2n) is 5.99. The summed E-state index contributed by atoms with van der Waals surface area (Å²) in [5.41, 5.74) is 0.693. The third kappa shape index (κ3) is 6.04. The number of carbonyl (C=O) groups is 1. The fraction of sp³-hybridized carbons (Fsp3) is 0.450. The van der Waals surface area contributed by atoms with Gasteiger partial charge in [0.15, 0.2) is 11.5 Å². The summed E-state index contributed by atoms with van der Waals surface area (Å²) in [4.78, 5) is 15.3. The number of carbonyl (C=O) groups excluding carboxylic acids is 1. The van der Waals surface area contributed by atoms with Crippen molar-refractivity contribution in [1.82, 2.24) is 4.90 Å². The normalized spacial score (nSPS) is 10.8. The van der Waals surface area contributed by atoms with E-state index in [0.717, 1.165) is 32.5 Å². The Labute approximate surface area is 159 Å². The fourth-order valence-corrected chi connectivity index (χ4v) is 3.34. The summed E-state index contributed by atoms with van der Waals surface area (Å²) in [7, 11) is 1.62. The summed E-state index contributed by atoms with van der Waals surface area (Å²) < 4.78 is 11.3. The van der Waals surface area contributed by atoms with Crippen molar-refractivity contribution in [2.45, 2.75) is 26.7 Å². The van der Waals surface area contributed by atoms with Crippen molar-refractivity contribution in [3.63, 3.8) is 0 Å². The highest BCUT2D eigenvalue weighted by Crippen LogP contribution is 2.30. The number of hydrogen-bond donors (Lipinski definition) is 1. The van der Waals surface area contributed by atoms with E-state index < -0.39 is 0 Å². The van der Waals surface area contributed by atoms with Crippen LogP contribution in [0.15, 0.2) is 35.7 Å². The van der Waals surface area contributed by atoms with Crippen LogP contribution in [0.3, 0.4) is 0 Å². The minimum Gasteiger partial charge on any atom is -0.493 e. The van der Waals surface area contributed by atoms with Crippen molar-refractivity contribution in [2.75, 3.05) is 38.7 Å². The standard InChI is InChI=1S/C20H28N2O3S/c1-4-10-22(11-5-2)12-13-25-18-15-16(8-9-17(18)24-3)21-20(23)19-7-6-14-26-19/h6-9,14-15H,4-5,10-13H2,1-3H3,(H,21,23). The number of rotatable bonds is 11. The largest absolute Gasteiger partial charge is 0.493 e. The first-order chi connectivity index (χ1) is 12.7. The SMILES string of the molecule is CCCN(CCC)CCOc1cc(NC(=O)c2cccs2)ccc1OC. The van der Waals surface area contributed by atoms with Crippen molar-refractivity contribution in [3.05, 3.63) is 40.6 Å². The van der Waals surface area contributed by atoms with Crippen LogP contribution in [0.1, 0.15) is 36.4 Å². The molecule has 0 atom stereocenters. The molecule has 5 nitrogen and oxygen atoms in total. The molecule has 1 aromatic carbocycles. The van der Waals surface area contributed by atoms with Crippen LogP contribution in [0.25, 0.3) is 0 Å². The Bertz CT molecular complexity index is 668. The number of methoxy groups -OCH3 is 1. The second-order valence-corrected chi connectivity index (χ2v) is 6.93. The lowest BCUT2D eigenvalue weighted by Gasteiger charge is -2.21. The lowest BCUT2D eigenvalue weighted by molar-refractivity contribution is 0.103. The fourth-order valence-electron chi connectivity index (χ4n) is 2.72. The van der Waals surface area contributed by atoms with Crippen LogP contribution in [0.5, 0.6) is 11.5 Å². The van der Waals surface area contributed by atoms with E-state index in [1.807, 2.05) is 29.6 Å². The molecule has 1 heterocycles. The van der Waals surface area contributed by atoms with Crippen molar-refractivity contribution in [1.29, 1.82) is 0 Å². The monoisotopic (exact) mass is 376 g/mol. The van der Waals surface area contributed by atoms with E-state index in [1.165, 1.54) is 11.3 Å². The molecule has 0 radical (unpaired) electrons. The minimum atomic E-state index is -0.117. The van der Waals surface area contributed by atoms with Gasteiger partial charge in [0.1, 0.15) is 6.61 Å². The number of nitrogens with zero attached hydrogens (tertiary/aromatic N) is 1. The maximum atomic E-state index is 12.2. The Morgan fingerprint density at radius 3 is 2.50 bits per heavy atom. The first-order valence-electron chi connectivity index (χ1n) is 9.06. The third-order valence-corrected chi connectivity index (χ3v) is 4.78. The van der Waals surface area contributed by atoms with Gasteiger partial charge >= 0.3 is 0 Å². The number of ether oxygens (including phenoxy) is 2. The topological polar surface area (TPSA) is 50.8 Å². The van der Waals surface area contributed by atoms with Crippen LogP contribution in [0, 0.1) is 0 Å². The lowest BCUT2D eigenvalue weighted by Crippen LogP contribution is -2.30. The lowest BCUT2D eigenvalue weighted by atomic mass is 10.2. The maximum Gasteiger partial charge on any atom is 0.265 e. The summed E-state index contributed by atoms with van der Waals surface area (Å²) in [6, 6.07) is 9.11. The Kier molecular flexibility index (Phi) is 8.44. The van der Waals surface area contributed by atoms with Crippen molar-refractivity contribution >= 4 is 22.9 Å². The molecule has 0 aliphatic rings. The second kappa shape index (κ2) is 10.8. The summed E-state index contributed by atoms with van der Waals surface area (Å²) in [6.07, 6.45) is 2.26. The van der Waals surface area contributed by atoms with Gasteiger partial charge in [0.05, 0.1) is 12.0 Å². The Hall–Kier alpha value is -2.05. The molecule has 0 spiro atoms. The van der Waals surface area contributed by atoms with E-state index >= 15 is 0 Å². The number of nitrogens with one attached hydrogen (secondary N) is 1. The molecule has 142 valence electrons. The van der Waals surface area contributed by atoms with E-state index in [-0.39, 0.29) is 5.91 Å². The summed E-state index contributed by atoms with van der Waals surface area (Å²) >= 11 is 1.41. The van der Waals surface area contributed by atoms with Crippen LogP contribution in [0.2, 0.25) is 0 Å². The first kappa shape index (κ1) is 20.3. The third-order valence-electron chi connectivity index (χ3n) is 3.91. The molecule has 0 unspecified atom stereocenters. The van der Waals surface area contributed by atoms with Crippen molar-refractivity contribution in [3.8, 4) is 11.5 Å². The van der Waals surface area contributed by atoms with Gasteiger partial charge in [-0.05, 0) is 49.5 Å². The van der Waals surface area contributed by atoms with Crippen LogP contribution in [-0.4, -0.2) is 44.2 Å². The predicted molar refractivity (Wildman–Crippen MR) is 108 cm³/mol. The van der Waals surface area contributed by atoms with Crippen LogP contribution in [-0.2, 0) is 0 Å². The smallest absolute Gasteiger partial charge is 0.265 e. The maximum absolute atomic E-state index is 12.2. The van der Waals surface area contributed by atoms with Gasteiger partial charge in [-0.3, -0.25) is 9.69 Å². The molecular weight excluding hydrogens is 348 g/mol. The number of anilines is 1. The van der Waals surface area contributed by atoms with Gasteiger partial charge in [0.2, 0.25) is 0 Å². The Morgan fingerprint density at radius 2 is 1.88 bits per heavy atom. The molecule has 0 aliphatic carbocycles. The quantitative estimate of drug-likeness (QED) is 0.627. The molecule has 2 aromatic rings. The molecule has 0 bridgehead atoms. The number of thiophene rings is 1. The molecule has 26 heavy (non-hydrogen) atoms. The zero-order valence-electron chi connectivity index (χ0n) is 15.8. The molecule has 0 saturated heterocycles. The van der Waals surface area contributed by atoms with E-state index in [9.17, 15) is 4.79 Å². The van der Waals surface area contributed by atoms with Crippen LogP contribution < -0.4 is 14.8 Å². The highest BCUT2D eigenvalue weighted by Gasteiger charge is 2.11. The average molecular weight is 377 g/mol. The molecule has 1 amide bonds. The molecule has 6 heteroatoms. The van der Waals surface area contributed by atoms with Crippen LogP contribution in [0.4, 0.5) is 5.69 Å². The Balaban J connectivity index is 1.98. The zero-order chi connectivity index (χ0) is 18.8. The molecule has 1 N–H and O–H groups in total. The van der Waals surface area contributed by atoms with Gasteiger partial charge in [0.25, 0.3) is 5.91 Å². The highest BCUT2D eigenvalue weighted by molar-refractivity contribution is 7.12. The van der Waals surface area contributed by atoms with E-state index in [4.69, 9.17) is 9.47 Å². The number of benzene rings is 1.